The molecule has 1 saturated carbocycles. The maximum atomic E-state index is 12.4. The zero-order valence-corrected chi connectivity index (χ0v) is 15.8. The maximum absolute atomic E-state index is 12.4. The van der Waals surface area contributed by atoms with E-state index >= 15 is 0 Å². The molecule has 1 atom stereocenters. The highest BCUT2D eigenvalue weighted by Gasteiger charge is 2.22. The topological polar surface area (TPSA) is 92.7 Å². The van der Waals surface area contributed by atoms with Crippen molar-refractivity contribution in [2.75, 3.05) is 0 Å². The summed E-state index contributed by atoms with van der Waals surface area (Å²) in [7, 11) is 0. The number of rotatable bonds is 5. The summed E-state index contributed by atoms with van der Waals surface area (Å²) in [5.74, 6) is -0.0220. The molecule has 140 valence electrons. The molecular formula is C19H21N5O2S. The Bertz CT molecular complexity index is 1010. The van der Waals surface area contributed by atoms with Gasteiger partial charge in [0.2, 0.25) is 5.91 Å². The number of carbonyl (C=O) groups excluding carboxylic acids is 1. The van der Waals surface area contributed by atoms with Gasteiger partial charge in [0, 0.05) is 6.04 Å². The summed E-state index contributed by atoms with van der Waals surface area (Å²) in [6, 6.07) is 9.80. The fourth-order valence-electron chi connectivity index (χ4n) is 3.32. The first-order valence-corrected chi connectivity index (χ1v) is 10.0. The second kappa shape index (κ2) is 7.56. The molecule has 1 fully saturated rings. The van der Waals surface area contributed by atoms with E-state index in [9.17, 15) is 9.59 Å². The number of aromatic nitrogens is 4. The summed E-state index contributed by atoms with van der Waals surface area (Å²) < 4.78 is 1.64. The van der Waals surface area contributed by atoms with Crippen molar-refractivity contribution >= 4 is 28.7 Å². The molecule has 2 aromatic heterocycles. The van der Waals surface area contributed by atoms with E-state index in [2.05, 4.69) is 20.4 Å². The highest BCUT2D eigenvalue weighted by atomic mass is 32.2. The number of hydrogen-bond acceptors (Lipinski definition) is 5. The van der Waals surface area contributed by atoms with Crippen LogP contribution in [0, 0.1) is 0 Å². The van der Waals surface area contributed by atoms with Crippen molar-refractivity contribution in [1.29, 1.82) is 0 Å². The van der Waals surface area contributed by atoms with E-state index in [4.69, 9.17) is 0 Å². The van der Waals surface area contributed by atoms with Crippen molar-refractivity contribution in [2.45, 2.75) is 49.1 Å². The number of amides is 1. The van der Waals surface area contributed by atoms with Crippen LogP contribution in [0.4, 0.5) is 0 Å². The number of H-pyrrole nitrogens is 1. The van der Waals surface area contributed by atoms with Crippen molar-refractivity contribution in [3.05, 3.63) is 46.9 Å². The molecule has 1 aliphatic rings. The third kappa shape index (κ3) is 3.75. The summed E-state index contributed by atoms with van der Waals surface area (Å²) in [5.41, 5.74) is 1.05. The fraction of sp³-hybridized carbons (Fsp3) is 0.368. The molecule has 2 heterocycles. The Labute approximate surface area is 160 Å². The van der Waals surface area contributed by atoms with Gasteiger partial charge >= 0.3 is 0 Å². The highest BCUT2D eigenvalue weighted by molar-refractivity contribution is 8.00. The van der Waals surface area contributed by atoms with E-state index in [0.717, 1.165) is 18.5 Å². The highest BCUT2D eigenvalue weighted by Crippen LogP contribution is 2.23. The number of nitrogens with one attached hydrogen (secondary N) is 2. The number of nitrogens with zero attached hydrogens (tertiary/aromatic N) is 3. The molecular weight excluding hydrogens is 362 g/mol. The van der Waals surface area contributed by atoms with Gasteiger partial charge in [-0.2, -0.15) is 5.10 Å². The molecule has 1 aliphatic carbocycles. The van der Waals surface area contributed by atoms with E-state index in [0.29, 0.717) is 16.2 Å². The predicted octanol–water partition coefficient (Wildman–Crippen LogP) is 2.65. The SMILES string of the molecule is CC(Sc1nc2c(cnn2-c2ccccc2)c(=O)[nH]1)C(=O)NC1CCCC1. The van der Waals surface area contributed by atoms with Gasteiger partial charge in [0.05, 0.1) is 17.1 Å². The van der Waals surface area contributed by atoms with Crippen molar-refractivity contribution < 1.29 is 4.79 Å². The fourth-order valence-corrected chi connectivity index (χ4v) is 4.12. The Kier molecular flexibility index (Phi) is 4.98. The zero-order chi connectivity index (χ0) is 18.8. The van der Waals surface area contributed by atoms with Crippen LogP contribution in [0.25, 0.3) is 16.7 Å². The Morgan fingerprint density at radius 2 is 2.04 bits per heavy atom. The van der Waals surface area contributed by atoms with Crippen molar-refractivity contribution in [2.24, 2.45) is 0 Å². The van der Waals surface area contributed by atoms with Crippen molar-refractivity contribution in [3.63, 3.8) is 0 Å². The molecule has 7 nitrogen and oxygen atoms in total. The Morgan fingerprint density at radius 1 is 1.30 bits per heavy atom. The maximum Gasteiger partial charge on any atom is 0.262 e. The average molecular weight is 383 g/mol. The van der Waals surface area contributed by atoms with Crippen LogP contribution in [0.3, 0.4) is 0 Å². The first-order chi connectivity index (χ1) is 13.1. The molecule has 1 unspecified atom stereocenters. The first kappa shape index (κ1) is 17.8. The molecule has 0 bridgehead atoms. The van der Waals surface area contributed by atoms with Gasteiger partial charge in [-0.3, -0.25) is 9.59 Å². The third-order valence-corrected chi connectivity index (χ3v) is 5.76. The second-order valence-corrected chi connectivity index (χ2v) is 8.08. The average Bonchev–Trinajstić information content (AvgIpc) is 3.32. The van der Waals surface area contributed by atoms with Gasteiger partial charge in [-0.25, -0.2) is 9.67 Å². The number of thioether (sulfide) groups is 1. The second-order valence-electron chi connectivity index (χ2n) is 6.75. The Morgan fingerprint density at radius 3 is 2.78 bits per heavy atom. The van der Waals surface area contributed by atoms with Gasteiger partial charge in [0.1, 0.15) is 5.39 Å². The van der Waals surface area contributed by atoms with Crippen LogP contribution in [0.15, 0.2) is 46.5 Å². The molecule has 0 aliphatic heterocycles. The minimum absolute atomic E-state index is 0.0220. The van der Waals surface area contributed by atoms with Gasteiger partial charge in [0.25, 0.3) is 5.56 Å². The van der Waals surface area contributed by atoms with Crippen LogP contribution in [-0.4, -0.2) is 36.9 Å². The summed E-state index contributed by atoms with van der Waals surface area (Å²) in [6.45, 7) is 1.83. The van der Waals surface area contributed by atoms with Gasteiger partial charge in [-0.05, 0) is 31.9 Å². The van der Waals surface area contributed by atoms with E-state index in [1.165, 1.54) is 30.8 Å². The van der Waals surface area contributed by atoms with E-state index in [-0.39, 0.29) is 22.8 Å². The van der Waals surface area contributed by atoms with Gasteiger partial charge < -0.3 is 10.3 Å². The quantitative estimate of drug-likeness (QED) is 0.522. The van der Waals surface area contributed by atoms with E-state index in [1.54, 1.807) is 4.68 Å². The Hall–Kier alpha value is -2.61. The lowest BCUT2D eigenvalue weighted by Gasteiger charge is -2.15. The summed E-state index contributed by atoms with van der Waals surface area (Å²) in [5, 5.41) is 7.87. The minimum Gasteiger partial charge on any atom is -0.352 e. The van der Waals surface area contributed by atoms with E-state index in [1.807, 2.05) is 37.3 Å². The smallest absolute Gasteiger partial charge is 0.262 e. The standard InChI is InChI=1S/C19H21N5O2S/c1-12(17(25)21-13-7-5-6-8-13)27-19-22-16-15(18(26)23-19)11-20-24(16)14-9-3-2-4-10-14/h2-4,9-13H,5-8H2,1H3,(H,21,25)(H,22,23,26). The monoisotopic (exact) mass is 383 g/mol. The van der Waals surface area contributed by atoms with Crippen LogP contribution < -0.4 is 10.9 Å². The number of hydrogen-bond donors (Lipinski definition) is 2. The van der Waals surface area contributed by atoms with Gasteiger partial charge in [-0.15, -0.1) is 0 Å². The number of aromatic amines is 1. The third-order valence-electron chi connectivity index (χ3n) is 4.78. The lowest BCUT2D eigenvalue weighted by atomic mass is 10.2. The summed E-state index contributed by atoms with van der Waals surface area (Å²) >= 11 is 1.25. The largest absolute Gasteiger partial charge is 0.352 e. The molecule has 2 N–H and O–H groups in total. The molecule has 1 amide bonds. The van der Waals surface area contributed by atoms with Gasteiger partial charge in [-0.1, -0.05) is 42.8 Å². The zero-order valence-electron chi connectivity index (χ0n) is 15.0. The molecule has 0 spiro atoms. The van der Waals surface area contributed by atoms with Crippen molar-refractivity contribution in [3.8, 4) is 5.69 Å². The molecule has 8 heteroatoms. The van der Waals surface area contributed by atoms with Crippen LogP contribution in [0.5, 0.6) is 0 Å². The van der Waals surface area contributed by atoms with Crippen LogP contribution in [0.1, 0.15) is 32.6 Å². The molecule has 4 rings (SSSR count). The molecule has 1 aromatic carbocycles. The predicted molar refractivity (Wildman–Crippen MR) is 105 cm³/mol. The molecule has 27 heavy (non-hydrogen) atoms. The van der Waals surface area contributed by atoms with Crippen LogP contribution in [0.2, 0.25) is 0 Å². The van der Waals surface area contributed by atoms with Crippen LogP contribution >= 0.6 is 11.8 Å². The lowest BCUT2D eigenvalue weighted by Crippen LogP contribution is -2.37. The number of para-hydroxylation sites is 1. The van der Waals surface area contributed by atoms with Gasteiger partial charge in [0.15, 0.2) is 10.8 Å². The Balaban J connectivity index is 1.58. The minimum atomic E-state index is -0.348. The van der Waals surface area contributed by atoms with Crippen LogP contribution in [-0.2, 0) is 4.79 Å². The molecule has 0 saturated heterocycles. The molecule has 0 radical (unpaired) electrons. The first-order valence-electron chi connectivity index (χ1n) is 9.12. The number of carbonyl (C=O) groups is 1. The summed E-state index contributed by atoms with van der Waals surface area (Å²) in [4.78, 5) is 32.1. The molecule has 3 aromatic rings. The van der Waals surface area contributed by atoms with Crippen molar-refractivity contribution in [1.82, 2.24) is 25.1 Å². The van der Waals surface area contributed by atoms with E-state index < -0.39 is 0 Å². The summed E-state index contributed by atoms with van der Waals surface area (Å²) in [6.07, 6.45) is 5.93. The normalized spacial score (nSPS) is 15.9. The number of fused-ring (bicyclic) bond motifs is 1. The number of benzene rings is 1. The lowest BCUT2D eigenvalue weighted by molar-refractivity contribution is -0.120.